The second-order valence-corrected chi connectivity index (χ2v) is 7.73. The fourth-order valence-corrected chi connectivity index (χ4v) is 4.54. The number of benzene rings is 3. The third-order valence-electron chi connectivity index (χ3n) is 5.96. The summed E-state index contributed by atoms with van der Waals surface area (Å²) < 4.78 is 0. The van der Waals surface area contributed by atoms with Crippen LogP contribution in [0.1, 0.15) is 28.4 Å². The van der Waals surface area contributed by atoms with E-state index < -0.39 is 0 Å². The van der Waals surface area contributed by atoms with Crippen LogP contribution in [0.25, 0.3) is 0 Å². The highest BCUT2D eigenvalue weighted by molar-refractivity contribution is 5.85. The van der Waals surface area contributed by atoms with Crippen molar-refractivity contribution in [2.24, 2.45) is 0 Å². The molecule has 1 amide bonds. The van der Waals surface area contributed by atoms with Crippen molar-refractivity contribution < 1.29 is 15.0 Å². The van der Waals surface area contributed by atoms with Crippen molar-refractivity contribution >= 4 is 5.91 Å². The number of carbonyl (C=O) groups is 1. The lowest BCUT2D eigenvalue weighted by molar-refractivity contribution is -0.130. The van der Waals surface area contributed by atoms with Crippen LogP contribution in [0.3, 0.4) is 0 Å². The Morgan fingerprint density at radius 3 is 2.34 bits per heavy atom. The van der Waals surface area contributed by atoms with Gasteiger partial charge in [0, 0.05) is 13.1 Å². The van der Waals surface area contributed by atoms with Gasteiger partial charge in [0.1, 0.15) is 6.17 Å². The molecule has 0 aliphatic carbocycles. The standard InChI is InChI=1S/C24H22N2O3/c27-21-11-10-18(13-22(21)28)23-25-15-19-9-5-4-8-17(19)12-20(25)24(29)26(23)14-16-6-2-1-3-7-16/h1-11,13,20,23,27-28H,12,14-15H2. The van der Waals surface area contributed by atoms with E-state index in [1.165, 1.54) is 17.2 Å². The molecule has 0 spiro atoms. The second kappa shape index (κ2) is 6.94. The largest absolute Gasteiger partial charge is 0.504 e. The van der Waals surface area contributed by atoms with E-state index in [0.717, 1.165) is 11.1 Å². The quantitative estimate of drug-likeness (QED) is 0.676. The van der Waals surface area contributed by atoms with Crippen LogP contribution in [-0.2, 0) is 24.3 Å². The second-order valence-electron chi connectivity index (χ2n) is 7.73. The first kappa shape index (κ1) is 17.8. The summed E-state index contributed by atoms with van der Waals surface area (Å²) in [6.07, 6.45) is 0.383. The van der Waals surface area contributed by atoms with Gasteiger partial charge in [0.25, 0.3) is 0 Å². The molecular formula is C24H22N2O3. The molecule has 2 N–H and O–H groups in total. The highest BCUT2D eigenvalue weighted by atomic mass is 16.3. The molecule has 2 heterocycles. The molecule has 3 aromatic carbocycles. The maximum atomic E-state index is 13.5. The topological polar surface area (TPSA) is 64.0 Å². The number of amides is 1. The van der Waals surface area contributed by atoms with Gasteiger partial charge < -0.3 is 15.1 Å². The Balaban J connectivity index is 1.58. The molecule has 1 saturated heterocycles. The van der Waals surface area contributed by atoms with Crippen LogP contribution >= 0.6 is 0 Å². The SMILES string of the molecule is O=C1C2Cc3ccccc3CN2C(c2ccc(O)c(O)c2)N1Cc1ccccc1. The lowest BCUT2D eigenvalue weighted by atomic mass is 9.94. The molecule has 3 aromatic rings. The number of carbonyl (C=O) groups excluding carboxylic acids is 1. The van der Waals surface area contributed by atoms with E-state index in [1.54, 1.807) is 12.1 Å². The predicted molar refractivity (Wildman–Crippen MR) is 109 cm³/mol. The highest BCUT2D eigenvalue weighted by Gasteiger charge is 2.48. The van der Waals surface area contributed by atoms with E-state index in [2.05, 4.69) is 17.0 Å². The van der Waals surface area contributed by atoms with Gasteiger partial charge in [0.15, 0.2) is 11.5 Å². The van der Waals surface area contributed by atoms with Gasteiger partial charge in [-0.15, -0.1) is 0 Å². The lowest BCUT2D eigenvalue weighted by Crippen LogP contribution is -2.39. The molecule has 2 aliphatic rings. The summed E-state index contributed by atoms with van der Waals surface area (Å²) in [5.74, 6) is -0.232. The van der Waals surface area contributed by atoms with Gasteiger partial charge in [0.05, 0.1) is 6.04 Å². The van der Waals surface area contributed by atoms with Gasteiger partial charge in [0.2, 0.25) is 5.91 Å². The van der Waals surface area contributed by atoms with Crippen molar-refractivity contribution in [2.45, 2.75) is 31.7 Å². The number of rotatable bonds is 3. The molecule has 0 radical (unpaired) electrons. The number of aromatic hydroxyl groups is 2. The monoisotopic (exact) mass is 386 g/mol. The Bertz CT molecular complexity index is 1070. The molecule has 1 fully saturated rings. The molecule has 2 atom stereocenters. The zero-order chi connectivity index (χ0) is 20.0. The number of phenolic OH excluding ortho intramolecular Hbond substituents is 2. The Morgan fingerprint density at radius 2 is 1.59 bits per heavy atom. The van der Waals surface area contributed by atoms with E-state index in [-0.39, 0.29) is 29.6 Å². The van der Waals surface area contributed by atoms with E-state index in [0.29, 0.717) is 19.5 Å². The van der Waals surface area contributed by atoms with Gasteiger partial charge in [-0.1, -0.05) is 60.7 Å². The summed E-state index contributed by atoms with van der Waals surface area (Å²) in [6, 6.07) is 22.8. The van der Waals surface area contributed by atoms with Crippen molar-refractivity contribution in [1.29, 1.82) is 0 Å². The van der Waals surface area contributed by atoms with Crippen molar-refractivity contribution in [1.82, 2.24) is 9.80 Å². The number of fused-ring (bicyclic) bond motifs is 2. The Kier molecular flexibility index (Phi) is 4.25. The lowest BCUT2D eigenvalue weighted by Gasteiger charge is -2.35. The van der Waals surface area contributed by atoms with Crippen molar-refractivity contribution in [3.05, 3.63) is 95.1 Å². The minimum absolute atomic E-state index is 0.0981. The molecule has 5 nitrogen and oxygen atoms in total. The van der Waals surface area contributed by atoms with Crippen molar-refractivity contribution in [3.63, 3.8) is 0 Å². The smallest absolute Gasteiger partial charge is 0.242 e. The van der Waals surface area contributed by atoms with Gasteiger partial charge >= 0.3 is 0 Å². The van der Waals surface area contributed by atoms with E-state index in [1.807, 2.05) is 47.4 Å². The summed E-state index contributed by atoms with van der Waals surface area (Å²) in [5.41, 5.74) is 4.31. The zero-order valence-corrected chi connectivity index (χ0v) is 15.9. The van der Waals surface area contributed by atoms with Gasteiger partial charge in [-0.25, -0.2) is 0 Å². The molecule has 29 heavy (non-hydrogen) atoms. The van der Waals surface area contributed by atoms with Crippen LogP contribution in [0.4, 0.5) is 0 Å². The summed E-state index contributed by atoms with van der Waals surface area (Å²) >= 11 is 0. The first-order valence-electron chi connectivity index (χ1n) is 9.80. The molecular weight excluding hydrogens is 364 g/mol. The molecule has 2 unspecified atom stereocenters. The van der Waals surface area contributed by atoms with E-state index in [4.69, 9.17) is 0 Å². The third kappa shape index (κ3) is 3.04. The minimum atomic E-state index is -0.299. The Morgan fingerprint density at radius 1 is 0.862 bits per heavy atom. The van der Waals surface area contributed by atoms with Crippen molar-refractivity contribution in [2.75, 3.05) is 0 Å². The third-order valence-corrected chi connectivity index (χ3v) is 5.96. The fraction of sp³-hybridized carbons (Fsp3) is 0.208. The van der Waals surface area contributed by atoms with Crippen LogP contribution in [0.15, 0.2) is 72.8 Å². The first-order valence-corrected chi connectivity index (χ1v) is 9.80. The van der Waals surface area contributed by atoms with Crippen LogP contribution < -0.4 is 0 Å². The van der Waals surface area contributed by atoms with Crippen molar-refractivity contribution in [3.8, 4) is 11.5 Å². The van der Waals surface area contributed by atoms with Crippen LogP contribution in [0.2, 0.25) is 0 Å². The first-order chi connectivity index (χ1) is 14.1. The van der Waals surface area contributed by atoms with E-state index in [9.17, 15) is 15.0 Å². The average molecular weight is 386 g/mol. The molecule has 5 heteroatoms. The Hall–Kier alpha value is -3.31. The molecule has 0 aromatic heterocycles. The highest BCUT2D eigenvalue weighted by Crippen LogP contribution is 2.42. The zero-order valence-electron chi connectivity index (χ0n) is 15.9. The fourth-order valence-electron chi connectivity index (χ4n) is 4.54. The Labute approximate surface area is 169 Å². The summed E-state index contributed by atoms with van der Waals surface area (Å²) in [4.78, 5) is 17.6. The number of hydrogen-bond acceptors (Lipinski definition) is 4. The predicted octanol–water partition coefficient (Wildman–Crippen LogP) is 3.57. The summed E-state index contributed by atoms with van der Waals surface area (Å²) in [5, 5.41) is 19.8. The molecule has 0 bridgehead atoms. The summed E-state index contributed by atoms with van der Waals surface area (Å²) in [7, 11) is 0. The average Bonchev–Trinajstić information content (AvgIpc) is 3.00. The minimum Gasteiger partial charge on any atom is -0.504 e. The summed E-state index contributed by atoms with van der Waals surface area (Å²) in [6.45, 7) is 1.17. The number of phenols is 2. The van der Waals surface area contributed by atoms with Crippen LogP contribution in [-0.4, -0.2) is 32.0 Å². The van der Waals surface area contributed by atoms with Gasteiger partial charge in [-0.3, -0.25) is 9.69 Å². The van der Waals surface area contributed by atoms with Crippen LogP contribution in [0, 0.1) is 0 Å². The van der Waals surface area contributed by atoms with Crippen LogP contribution in [0.5, 0.6) is 11.5 Å². The number of hydrogen-bond donors (Lipinski definition) is 2. The van der Waals surface area contributed by atoms with Gasteiger partial charge in [-0.05, 0) is 40.8 Å². The van der Waals surface area contributed by atoms with Gasteiger partial charge in [-0.2, -0.15) is 0 Å². The molecule has 2 aliphatic heterocycles. The molecule has 5 rings (SSSR count). The maximum Gasteiger partial charge on any atom is 0.242 e. The number of nitrogens with zero attached hydrogens (tertiary/aromatic N) is 2. The maximum absolute atomic E-state index is 13.5. The normalized spacial score (nSPS) is 21.1. The molecule has 0 saturated carbocycles. The molecule has 146 valence electrons. The van der Waals surface area contributed by atoms with E-state index >= 15 is 0 Å².